The minimum absolute atomic E-state index is 0.118. The maximum absolute atomic E-state index is 11.2. The van der Waals surface area contributed by atoms with Gasteiger partial charge in [-0.15, -0.1) is 0 Å². The Morgan fingerprint density at radius 3 is 2.75 bits per heavy atom. The van der Waals surface area contributed by atoms with E-state index >= 15 is 0 Å². The second-order valence-electron chi connectivity index (χ2n) is 1.06. The van der Waals surface area contributed by atoms with Crippen LogP contribution in [0, 0.1) is 0 Å². The van der Waals surface area contributed by atoms with E-state index in [1.54, 1.807) is 0 Å². The summed E-state index contributed by atoms with van der Waals surface area (Å²) < 4.78 is 25.4. The van der Waals surface area contributed by atoms with E-state index in [0.29, 0.717) is 0 Å². The highest BCUT2D eigenvalue weighted by Crippen LogP contribution is 1.92. The Balaban J connectivity index is 2.82. The van der Waals surface area contributed by atoms with Crippen molar-refractivity contribution in [1.29, 1.82) is 0 Å². The number of halogens is 2. The number of rotatable bonds is 4. The lowest BCUT2D eigenvalue weighted by Crippen LogP contribution is -1.93. The molecule has 0 spiro atoms. The van der Waals surface area contributed by atoms with E-state index in [0.717, 1.165) is 0 Å². The van der Waals surface area contributed by atoms with Gasteiger partial charge in [0.25, 0.3) is 10.3 Å². The van der Waals surface area contributed by atoms with Crippen molar-refractivity contribution < 1.29 is 12.8 Å². The van der Waals surface area contributed by atoms with Gasteiger partial charge in [0.2, 0.25) is 0 Å². The number of alkyl halides is 1. The molecule has 2 nitrogen and oxygen atoms in total. The molecule has 8 heavy (non-hydrogen) atoms. The molecule has 0 aliphatic heterocycles. The summed E-state index contributed by atoms with van der Waals surface area (Å²) >= 11 is 0. The molecule has 0 aromatic rings. The van der Waals surface area contributed by atoms with Crippen LogP contribution in [0.2, 0.25) is 0 Å². The summed E-state index contributed by atoms with van der Waals surface area (Å²) in [5.41, 5.74) is 0. The topological polar surface area (TPSA) is 26.3 Å². The molecule has 0 fully saturated rings. The van der Waals surface area contributed by atoms with E-state index in [1.807, 2.05) is 0 Å². The van der Waals surface area contributed by atoms with E-state index in [4.69, 9.17) is 10.7 Å². The Morgan fingerprint density at radius 1 is 1.75 bits per heavy atom. The maximum atomic E-state index is 11.2. The van der Waals surface area contributed by atoms with Crippen LogP contribution in [0.4, 0.5) is 4.39 Å². The van der Waals surface area contributed by atoms with E-state index in [2.05, 4.69) is 4.18 Å². The molecule has 0 aromatic carbocycles. The highest BCUT2D eigenvalue weighted by atomic mass is 35.7. The summed E-state index contributed by atoms with van der Waals surface area (Å²) in [6.45, 7) is -0.347. The first-order valence-corrected chi connectivity index (χ1v) is 3.94. The lowest BCUT2D eigenvalue weighted by Gasteiger charge is -1.90. The summed E-state index contributed by atoms with van der Waals surface area (Å²) in [5.74, 6) is 0. The molecule has 0 bridgehead atoms. The van der Waals surface area contributed by atoms with Gasteiger partial charge in [0, 0.05) is 17.1 Å². The molecular formula is C3H6ClFO2S. The fourth-order valence-corrected chi connectivity index (χ4v) is 0.617. The van der Waals surface area contributed by atoms with Crippen molar-refractivity contribution in [3.05, 3.63) is 0 Å². The molecule has 0 amide bonds. The van der Waals surface area contributed by atoms with Gasteiger partial charge in [-0.2, -0.15) is 0 Å². The quantitative estimate of drug-likeness (QED) is 0.456. The molecule has 0 heterocycles. The Kier molecular flexibility index (Phi) is 5.69. The van der Waals surface area contributed by atoms with Crippen LogP contribution in [0.15, 0.2) is 0 Å². The average Bonchev–Trinajstić information content (AvgIpc) is 1.66. The minimum Gasteiger partial charge on any atom is -0.278 e. The van der Waals surface area contributed by atoms with Crippen LogP contribution in [-0.4, -0.2) is 17.5 Å². The fourth-order valence-electron chi connectivity index (χ4n) is 0.179. The van der Waals surface area contributed by atoms with Crippen molar-refractivity contribution in [2.45, 2.75) is 6.42 Å². The second kappa shape index (κ2) is 5.47. The van der Waals surface area contributed by atoms with Crippen molar-refractivity contribution in [3.8, 4) is 0 Å². The lowest BCUT2D eigenvalue weighted by molar-refractivity contribution is 0.319. The molecule has 0 aliphatic carbocycles. The van der Waals surface area contributed by atoms with Gasteiger partial charge >= 0.3 is 0 Å². The molecular weight excluding hydrogens is 155 g/mol. The third-order valence-corrected chi connectivity index (χ3v) is 1.07. The third kappa shape index (κ3) is 6.33. The van der Waals surface area contributed by atoms with E-state index in [1.165, 1.54) is 0 Å². The van der Waals surface area contributed by atoms with Crippen LogP contribution in [0.5, 0.6) is 0 Å². The minimum atomic E-state index is -1.76. The molecule has 0 saturated carbocycles. The molecule has 0 aromatic heterocycles. The maximum Gasteiger partial charge on any atom is 0.255 e. The molecule has 0 rings (SSSR count). The SMILES string of the molecule is O=[S@](Cl)OCCCF. The van der Waals surface area contributed by atoms with Crippen molar-refractivity contribution in [2.75, 3.05) is 13.3 Å². The van der Waals surface area contributed by atoms with Gasteiger partial charge in [-0.1, -0.05) is 0 Å². The van der Waals surface area contributed by atoms with Gasteiger partial charge in [0.1, 0.15) is 0 Å². The van der Waals surface area contributed by atoms with Gasteiger partial charge in [0.05, 0.1) is 13.3 Å². The monoisotopic (exact) mass is 160 g/mol. The van der Waals surface area contributed by atoms with Crippen LogP contribution < -0.4 is 0 Å². The average molecular weight is 161 g/mol. The summed E-state index contributed by atoms with van der Waals surface area (Å²) in [7, 11) is 3.08. The fraction of sp³-hybridized carbons (Fsp3) is 1.00. The van der Waals surface area contributed by atoms with Crippen LogP contribution in [0.25, 0.3) is 0 Å². The molecule has 0 aliphatic rings. The first-order chi connectivity index (χ1) is 3.77. The molecule has 1 atom stereocenters. The molecule has 0 unspecified atom stereocenters. The first-order valence-electron chi connectivity index (χ1n) is 2.04. The Hall–Kier alpha value is 0.330. The molecule has 0 radical (unpaired) electrons. The Bertz CT molecular complexity index is 79.7. The zero-order chi connectivity index (χ0) is 6.41. The largest absolute Gasteiger partial charge is 0.278 e. The lowest BCUT2D eigenvalue weighted by atomic mass is 10.5. The van der Waals surface area contributed by atoms with Crippen molar-refractivity contribution in [3.63, 3.8) is 0 Å². The van der Waals surface area contributed by atoms with E-state index < -0.39 is 17.0 Å². The van der Waals surface area contributed by atoms with Crippen molar-refractivity contribution in [2.24, 2.45) is 0 Å². The number of hydrogen-bond acceptors (Lipinski definition) is 2. The molecule has 50 valence electrons. The highest BCUT2D eigenvalue weighted by Gasteiger charge is 1.90. The van der Waals surface area contributed by atoms with Crippen LogP contribution in [-0.2, 0) is 14.5 Å². The first kappa shape index (κ1) is 8.33. The van der Waals surface area contributed by atoms with Gasteiger partial charge < -0.3 is 0 Å². The zero-order valence-electron chi connectivity index (χ0n) is 4.10. The van der Waals surface area contributed by atoms with Gasteiger partial charge in [-0.25, -0.2) is 4.21 Å². The summed E-state index contributed by atoms with van der Waals surface area (Å²) in [5, 5.41) is 0. The second-order valence-corrected chi connectivity index (χ2v) is 2.44. The number of hydrogen-bond donors (Lipinski definition) is 0. The molecule has 0 N–H and O–H groups in total. The standard InChI is InChI=1S/C3H6ClFO2S/c4-8(6)7-3-1-2-5/h1-3H2/t8-/m0/s1. The summed E-state index contributed by atoms with van der Waals surface area (Å²) in [6.07, 6.45) is 0.248. The van der Waals surface area contributed by atoms with E-state index in [9.17, 15) is 8.60 Å². The van der Waals surface area contributed by atoms with Gasteiger partial charge in [-0.3, -0.25) is 8.57 Å². The Labute approximate surface area is 54.1 Å². The van der Waals surface area contributed by atoms with Crippen molar-refractivity contribution in [1.82, 2.24) is 0 Å². The van der Waals surface area contributed by atoms with E-state index in [-0.39, 0.29) is 13.0 Å². The Morgan fingerprint density at radius 2 is 2.38 bits per heavy atom. The third-order valence-electron chi connectivity index (χ3n) is 0.454. The highest BCUT2D eigenvalue weighted by molar-refractivity contribution is 8.04. The summed E-state index contributed by atoms with van der Waals surface area (Å²) in [4.78, 5) is 0. The molecule has 0 saturated heterocycles. The van der Waals surface area contributed by atoms with Crippen LogP contribution >= 0.6 is 10.7 Å². The predicted molar refractivity (Wildman–Crippen MR) is 30.5 cm³/mol. The zero-order valence-corrected chi connectivity index (χ0v) is 5.67. The molecule has 5 heteroatoms. The smallest absolute Gasteiger partial charge is 0.255 e. The van der Waals surface area contributed by atoms with Gasteiger partial charge in [-0.05, 0) is 0 Å². The van der Waals surface area contributed by atoms with Crippen LogP contribution in [0.3, 0.4) is 0 Å². The predicted octanol–water partition coefficient (Wildman–Crippen LogP) is 1.18. The normalized spacial score (nSPS) is 13.8. The summed E-state index contributed by atoms with van der Waals surface area (Å²) in [6, 6.07) is 0. The van der Waals surface area contributed by atoms with Gasteiger partial charge in [0.15, 0.2) is 0 Å². The van der Waals surface area contributed by atoms with Crippen molar-refractivity contribution >= 4 is 21.0 Å². The van der Waals surface area contributed by atoms with Crippen LogP contribution in [0.1, 0.15) is 6.42 Å².